The fraction of sp³-hybridized carbons (Fsp3) is 0.688. The summed E-state index contributed by atoms with van der Waals surface area (Å²) in [5.74, 6) is 1.11. The van der Waals surface area contributed by atoms with E-state index in [-0.39, 0.29) is 5.54 Å². The quantitative estimate of drug-likeness (QED) is 0.905. The van der Waals surface area contributed by atoms with Crippen LogP contribution in [0.15, 0.2) is 16.7 Å². The fourth-order valence-electron chi connectivity index (χ4n) is 3.04. The smallest absolute Gasteiger partial charge is 0.133 e. The lowest BCUT2D eigenvalue weighted by Crippen LogP contribution is -2.44. The standard InChI is InChI=1S/C16H24BrN3O/c1-16(2,3)19-7-11-6-12(17)8-18-15(11)20-9-13-4-5-14(10-20)21-13/h6,8,13-14,19H,4-5,7,9-10H2,1-3H3. The SMILES string of the molecule is CC(C)(C)NCc1cc(Br)cnc1N1CC2CCC(C1)O2. The van der Waals surface area contributed by atoms with E-state index in [4.69, 9.17) is 4.74 Å². The molecule has 0 amide bonds. The van der Waals surface area contributed by atoms with Gasteiger partial charge in [-0.05, 0) is 55.6 Å². The number of hydrogen-bond donors (Lipinski definition) is 1. The first-order valence-corrected chi connectivity index (χ1v) is 8.50. The largest absolute Gasteiger partial charge is 0.371 e. The minimum absolute atomic E-state index is 0.101. The highest BCUT2D eigenvalue weighted by atomic mass is 79.9. The summed E-state index contributed by atoms with van der Waals surface area (Å²) in [6, 6.07) is 2.18. The molecule has 1 aromatic rings. The minimum Gasteiger partial charge on any atom is -0.371 e. The third-order valence-corrected chi connectivity index (χ3v) is 4.50. The molecule has 2 aliphatic rings. The molecule has 2 atom stereocenters. The molecule has 2 saturated heterocycles. The first-order chi connectivity index (χ1) is 9.90. The van der Waals surface area contributed by atoms with Crippen LogP contribution in [0.3, 0.4) is 0 Å². The molecule has 1 N–H and O–H groups in total. The summed E-state index contributed by atoms with van der Waals surface area (Å²) in [7, 11) is 0. The van der Waals surface area contributed by atoms with Crippen LogP contribution in [0.5, 0.6) is 0 Å². The van der Waals surface area contributed by atoms with Crippen molar-refractivity contribution in [1.82, 2.24) is 10.3 Å². The highest BCUT2D eigenvalue weighted by molar-refractivity contribution is 9.10. The van der Waals surface area contributed by atoms with Gasteiger partial charge in [-0.1, -0.05) is 0 Å². The molecule has 0 saturated carbocycles. The molecule has 0 aromatic carbocycles. The van der Waals surface area contributed by atoms with Crippen LogP contribution in [-0.2, 0) is 11.3 Å². The van der Waals surface area contributed by atoms with E-state index in [0.29, 0.717) is 12.2 Å². The van der Waals surface area contributed by atoms with Gasteiger partial charge in [0.2, 0.25) is 0 Å². The normalized spacial score (nSPS) is 25.4. The molecule has 3 heterocycles. The lowest BCUT2D eigenvalue weighted by atomic mass is 10.1. The fourth-order valence-corrected chi connectivity index (χ4v) is 3.42. The predicted molar refractivity (Wildman–Crippen MR) is 88.6 cm³/mol. The number of nitrogens with one attached hydrogen (secondary N) is 1. The Balaban J connectivity index is 1.80. The van der Waals surface area contributed by atoms with Crippen LogP contribution in [0.2, 0.25) is 0 Å². The van der Waals surface area contributed by atoms with Gasteiger partial charge in [0.25, 0.3) is 0 Å². The molecule has 21 heavy (non-hydrogen) atoms. The number of rotatable bonds is 3. The number of aromatic nitrogens is 1. The zero-order valence-corrected chi connectivity index (χ0v) is 14.6. The van der Waals surface area contributed by atoms with Crippen LogP contribution in [0, 0.1) is 0 Å². The molecule has 2 fully saturated rings. The first kappa shape index (κ1) is 15.3. The van der Waals surface area contributed by atoms with Gasteiger partial charge < -0.3 is 15.0 Å². The third-order valence-electron chi connectivity index (χ3n) is 4.06. The van der Waals surface area contributed by atoms with E-state index in [1.807, 2.05) is 6.20 Å². The summed E-state index contributed by atoms with van der Waals surface area (Å²) in [5, 5.41) is 3.56. The second-order valence-electron chi connectivity index (χ2n) is 7.10. The number of hydrogen-bond acceptors (Lipinski definition) is 4. The van der Waals surface area contributed by atoms with Gasteiger partial charge in [0, 0.05) is 41.4 Å². The lowest BCUT2D eigenvalue weighted by molar-refractivity contribution is 0.0301. The molecule has 0 aliphatic carbocycles. The van der Waals surface area contributed by atoms with Gasteiger partial charge in [-0.15, -0.1) is 0 Å². The maximum Gasteiger partial charge on any atom is 0.133 e. The van der Waals surface area contributed by atoms with E-state index >= 15 is 0 Å². The Kier molecular flexibility index (Phi) is 4.26. The second-order valence-corrected chi connectivity index (χ2v) is 8.02. The van der Waals surface area contributed by atoms with Crippen molar-refractivity contribution >= 4 is 21.7 Å². The van der Waals surface area contributed by atoms with Crippen LogP contribution >= 0.6 is 15.9 Å². The molecule has 5 heteroatoms. The molecule has 2 aliphatic heterocycles. The number of ether oxygens (including phenoxy) is 1. The Hall–Kier alpha value is -0.650. The monoisotopic (exact) mass is 353 g/mol. The van der Waals surface area contributed by atoms with Gasteiger partial charge in [0.15, 0.2) is 0 Å². The molecule has 3 rings (SSSR count). The summed E-state index contributed by atoms with van der Waals surface area (Å²) in [6.45, 7) is 9.33. The van der Waals surface area contributed by atoms with Crippen molar-refractivity contribution < 1.29 is 4.74 Å². The zero-order chi connectivity index (χ0) is 15.0. The number of nitrogens with zero attached hydrogens (tertiary/aromatic N) is 2. The molecular formula is C16H24BrN3O. The van der Waals surface area contributed by atoms with Crippen molar-refractivity contribution in [3.05, 3.63) is 22.3 Å². The van der Waals surface area contributed by atoms with E-state index in [1.54, 1.807) is 0 Å². The van der Waals surface area contributed by atoms with Crippen LogP contribution in [0.4, 0.5) is 5.82 Å². The molecule has 2 unspecified atom stereocenters. The molecule has 2 bridgehead atoms. The first-order valence-electron chi connectivity index (χ1n) is 7.70. The van der Waals surface area contributed by atoms with Gasteiger partial charge in [0.05, 0.1) is 12.2 Å². The summed E-state index contributed by atoms with van der Waals surface area (Å²) in [5.41, 5.74) is 1.35. The predicted octanol–water partition coefficient (Wildman–Crippen LogP) is 3.10. The maximum absolute atomic E-state index is 5.93. The van der Waals surface area contributed by atoms with E-state index in [9.17, 15) is 0 Å². The molecule has 0 radical (unpaired) electrons. The Morgan fingerprint density at radius 3 is 2.62 bits per heavy atom. The maximum atomic E-state index is 5.93. The van der Waals surface area contributed by atoms with Crippen molar-refractivity contribution in [3.8, 4) is 0 Å². The van der Waals surface area contributed by atoms with E-state index < -0.39 is 0 Å². The van der Waals surface area contributed by atoms with Crippen LogP contribution in [-0.4, -0.2) is 35.8 Å². The summed E-state index contributed by atoms with van der Waals surface area (Å²) in [6.07, 6.45) is 5.05. The number of fused-ring (bicyclic) bond motifs is 2. The second kappa shape index (κ2) is 5.86. The van der Waals surface area contributed by atoms with Crippen LogP contribution in [0.25, 0.3) is 0 Å². The summed E-state index contributed by atoms with van der Waals surface area (Å²) in [4.78, 5) is 7.08. The van der Waals surface area contributed by atoms with E-state index in [2.05, 4.69) is 58.0 Å². The Labute approximate surface area is 135 Å². The van der Waals surface area contributed by atoms with Gasteiger partial charge >= 0.3 is 0 Å². The van der Waals surface area contributed by atoms with Gasteiger partial charge in [-0.25, -0.2) is 4.98 Å². The molecule has 116 valence electrons. The lowest BCUT2D eigenvalue weighted by Gasteiger charge is -2.34. The number of halogens is 1. The van der Waals surface area contributed by atoms with Crippen molar-refractivity contribution in [1.29, 1.82) is 0 Å². The highest BCUT2D eigenvalue weighted by Crippen LogP contribution is 2.31. The molecule has 1 aromatic heterocycles. The molecule has 0 spiro atoms. The van der Waals surface area contributed by atoms with Gasteiger partial charge in [-0.2, -0.15) is 0 Å². The Bertz CT molecular complexity index is 503. The average Bonchev–Trinajstić information content (AvgIpc) is 2.74. The Morgan fingerprint density at radius 2 is 2.00 bits per heavy atom. The molecular weight excluding hydrogens is 330 g/mol. The number of pyridine rings is 1. The zero-order valence-electron chi connectivity index (χ0n) is 13.0. The van der Waals surface area contributed by atoms with Gasteiger partial charge in [-0.3, -0.25) is 0 Å². The highest BCUT2D eigenvalue weighted by Gasteiger charge is 2.34. The summed E-state index contributed by atoms with van der Waals surface area (Å²) < 4.78 is 6.97. The third kappa shape index (κ3) is 3.76. The van der Waals surface area contributed by atoms with Crippen molar-refractivity contribution in [2.45, 2.75) is 57.9 Å². The van der Waals surface area contributed by atoms with Crippen molar-refractivity contribution in [2.75, 3.05) is 18.0 Å². The van der Waals surface area contributed by atoms with Crippen molar-refractivity contribution in [2.24, 2.45) is 0 Å². The van der Waals surface area contributed by atoms with E-state index in [0.717, 1.165) is 29.9 Å². The topological polar surface area (TPSA) is 37.4 Å². The number of anilines is 1. The molecule has 4 nitrogen and oxygen atoms in total. The number of morpholine rings is 1. The van der Waals surface area contributed by atoms with Crippen LogP contribution in [0.1, 0.15) is 39.2 Å². The van der Waals surface area contributed by atoms with E-state index in [1.165, 1.54) is 18.4 Å². The minimum atomic E-state index is 0.101. The van der Waals surface area contributed by atoms with Gasteiger partial charge in [0.1, 0.15) is 5.82 Å². The summed E-state index contributed by atoms with van der Waals surface area (Å²) >= 11 is 3.54. The van der Waals surface area contributed by atoms with Crippen LogP contribution < -0.4 is 10.2 Å². The van der Waals surface area contributed by atoms with Crippen molar-refractivity contribution in [3.63, 3.8) is 0 Å². The average molecular weight is 354 g/mol. The Morgan fingerprint density at radius 1 is 1.33 bits per heavy atom.